The lowest BCUT2D eigenvalue weighted by molar-refractivity contribution is -0.137. The zero-order valence-electron chi connectivity index (χ0n) is 15.7. The van der Waals surface area contributed by atoms with Crippen molar-refractivity contribution < 1.29 is 17.9 Å². The Labute approximate surface area is 170 Å². The van der Waals surface area contributed by atoms with Crippen LogP contribution in [0.25, 0.3) is 0 Å². The molecule has 5 nitrogen and oxygen atoms in total. The number of hydrogen-bond donors (Lipinski definition) is 1. The van der Waals surface area contributed by atoms with E-state index in [-0.39, 0.29) is 11.9 Å². The van der Waals surface area contributed by atoms with E-state index in [1.54, 1.807) is 19.1 Å². The molecular formula is C20H18ClF3N4O. The molecule has 1 N–H and O–H groups in total. The van der Waals surface area contributed by atoms with E-state index in [0.29, 0.717) is 22.3 Å². The SMILES string of the molecule is CCC(Nc1ncnc(C)c1Cl)c1ccc(Oc2ccc(C(F)(F)F)cn2)cc1. The highest BCUT2D eigenvalue weighted by Crippen LogP contribution is 2.31. The summed E-state index contributed by atoms with van der Waals surface area (Å²) in [6.07, 6.45) is -1.46. The van der Waals surface area contributed by atoms with Crippen molar-refractivity contribution in [3.8, 4) is 11.6 Å². The van der Waals surface area contributed by atoms with E-state index in [4.69, 9.17) is 16.3 Å². The van der Waals surface area contributed by atoms with Crippen LogP contribution in [-0.4, -0.2) is 15.0 Å². The van der Waals surface area contributed by atoms with Gasteiger partial charge in [-0.05, 0) is 37.1 Å². The number of pyridine rings is 1. The third-order valence-corrected chi connectivity index (χ3v) is 4.70. The van der Waals surface area contributed by atoms with Crippen molar-refractivity contribution in [1.82, 2.24) is 15.0 Å². The molecule has 1 atom stereocenters. The summed E-state index contributed by atoms with van der Waals surface area (Å²) in [7, 11) is 0. The van der Waals surface area contributed by atoms with Gasteiger partial charge in [0.05, 0.1) is 17.3 Å². The molecule has 0 fully saturated rings. The fourth-order valence-electron chi connectivity index (χ4n) is 2.64. The van der Waals surface area contributed by atoms with Gasteiger partial charge in [0.1, 0.15) is 22.9 Å². The molecule has 1 unspecified atom stereocenters. The highest BCUT2D eigenvalue weighted by Gasteiger charge is 2.30. The Hall–Kier alpha value is -2.87. The molecule has 0 aliphatic heterocycles. The Bertz CT molecular complexity index is 963. The van der Waals surface area contributed by atoms with Gasteiger partial charge in [-0.15, -0.1) is 0 Å². The summed E-state index contributed by atoms with van der Waals surface area (Å²) < 4.78 is 43.3. The fourth-order valence-corrected chi connectivity index (χ4v) is 2.79. The van der Waals surface area contributed by atoms with Gasteiger partial charge >= 0.3 is 6.18 Å². The van der Waals surface area contributed by atoms with Gasteiger partial charge in [-0.1, -0.05) is 30.7 Å². The summed E-state index contributed by atoms with van der Waals surface area (Å²) in [5.41, 5.74) is 0.843. The maximum Gasteiger partial charge on any atom is 0.417 e. The molecule has 0 aliphatic carbocycles. The van der Waals surface area contributed by atoms with E-state index in [1.165, 1.54) is 12.4 Å². The Morgan fingerprint density at radius 1 is 1.07 bits per heavy atom. The Balaban J connectivity index is 1.70. The van der Waals surface area contributed by atoms with Gasteiger partial charge in [-0.2, -0.15) is 13.2 Å². The number of hydrogen-bond acceptors (Lipinski definition) is 5. The van der Waals surface area contributed by atoms with Crippen LogP contribution < -0.4 is 10.1 Å². The van der Waals surface area contributed by atoms with Crippen LogP contribution in [0, 0.1) is 6.92 Å². The first-order valence-corrected chi connectivity index (χ1v) is 9.20. The molecule has 2 aromatic heterocycles. The number of alkyl halides is 3. The molecular weight excluding hydrogens is 405 g/mol. The molecule has 1 aromatic carbocycles. The van der Waals surface area contributed by atoms with E-state index in [2.05, 4.69) is 20.3 Å². The number of halogens is 4. The van der Waals surface area contributed by atoms with E-state index < -0.39 is 11.7 Å². The smallest absolute Gasteiger partial charge is 0.417 e. The van der Waals surface area contributed by atoms with Gasteiger partial charge in [0.2, 0.25) is 5.88 Å². The normalized spacial score (nSPS) is 12.5. The Morgan fingerprint density at radius 3 is 2.38 bits per heavy atom. The quantitative estimate of drug-likeness (QED) is 0.512. The molecule has 2 heterocycles. The average molecular weight is 423 g/mol. The Kier molecular flexibility index (Phi) is 6.22. The number of aryl methyl sites for hydroxylation is 1. The molecule has 0 saturated heterocycles. The lowest BCUT2D eigenvalue weighted by Gasteiger charge is -2.19. The number of anilines is 1. The summed E-state index contributed by atoms with van der Waals surface area (Å²) in [5, 5.41) is 3.77. The second-order valence-electron chi connectivity index (χ2n) is 6.28. The zero-order chi connectivity index (χ0) is 21.0. The van der Waals surface area contributed by atoms with Crippen molar-refractivity contribution in [2.24, 2.45) is 0 Å². The molecule has 0 radical (unpaired) electrons. The molecule has 3 rings (SSSR count). The van der Waals surface area contributed by atoms with Gasteiger partial charge in [-0.25, -0.2) is 15.0 Å². The topological polar surface area (TPSA) is 59.9 Å². The maximum atomic E-state index is 12.6. The molecule has 0 saturated carbocycles. The summed E-state index contributed by atoms with van der Waals surface area (Å²) in [6, 6.07) is 9.26. The van der Waals surface area contributed by atoms with Crippen molar-refractivity contribution in [3.63, 3.8) is 0 Å². The molecule has 0 spiro atoms. The van der Waals surface area contributed by atoms with Crippen molar-refractivity contribution in [3.05, 3.63) is 70.8 Å². The van der Waals surface area contributed by atoms with Crippen LogP contribution >= 0.6 is 11.6 Å². The molecule has 0 amide bonds. The van der Waals surface area contributed by atoms with Crippen LogP contribution in [0.4, 0.5) is 19.0 Å². The molecule has 0 bridgehead atoms. The number of rotatable bonds is 6. The first-order chi connectivity index (χ1) is 13.8. The minimum atomic E-state index is -4.43. The van der Waals surface area contributed by atoms with E-state index in [0.717, 1.165) is 24.2 Å². The van der Waals surface area contributed by atoms with Gasteiger partial charge < -0.3 is 10.1 Å². The van der Waals surface area contributed by atoms with E-state index >= 15 is 0 Å². The predicted octanol–water partition coefficient (Wildman–Crippen LogP) is 6.21. The third kappa shape index (κ3) is 5.14. The van der Waals surface area contributed by atoms with Gasteiger partial charge in [0, 0.05) is 12.3 Å². The number of nitrogens with zero attached hydrogens (tertiary/aromatic N) is 3. The third-order valence-electron chi connectivity index (χ3n) is 4.25. The monoisotopic (exact) mass is 422 g/mol. The van der Waals surface area contributed by atoms with E-state index in [9.17, 15) is 13.2 Å². The molecule has 152 valence electrons. The summed E-state index contributed by atoms with van der Waals surface area (Å²) >= 11 is 6.25. The van der Waals surface area contributed by atoms with Gasteiger partial charge in [0.25, 0.3) is 0 Å². The molecule has 3 aromatic rings. The number of ether oxygens (including phenoxy) is 1. The largest absolute Gasteiger partial charge is 0.439 e. The molecule has 29 heavy (non-hydrogen) atoms. The van der Waals surface area contributed by atoms with Gasteiger partial charge in [0.15, 0.2) is 0 Å². The lowest BCUT2D eigenvalue weighted by atomic mass is 10.0. The van der Waals surface area contributed by atoms with Crippen molar-refractivity contribution in [2.45, 2.75) is 32.5 Å². The highest BCUT2D eigenvalue weighted by molar-refractivity contribution is 6.33. The maximum absolute atomic E-state index is 12.6. The minimum Gasteiger partial charge on any atom is -0.439 e. The standard InChI is InChI=1S/C20H18ClF3N4O/c1-3-16(28-19-18(21)12(2)26-11-27-19)13-4-7-15(8-5-13)29-17-9-6-14(10-25-17)20(22,23)24/h4-11,16H,3H2,1-2H3,(H,26,27,28). The van der Waals surface area contributed by atoms with Crippen LogP contribution in [-0.2, 0) is 6.18 Å². The Morgan fingerprint density at radius 2 is 1.79 bits per heavy atom. The van der Waals surface area contributed by atoms with Crippen LogP contribution in [0.2, 0.25) is 5.02 Å². The van der Waals surface area contributed by atoms with Crippen LogP contribution in [0.5, 0.6) is 11.6 Å². The van der Waals surface area contributed by atoms with Crippen molar-refractivity contribution in [1.29, 1.82) is 0 Å². The van der Waals surface area contributed by atoms with Crippen LogP contribution in [0.3, 0.4) is 0 Å². The number of nitrogens with one attached hydrogen (secondary N) is 1. The summed E-state index contributed by atoms with van der Waals surface area (Å²) in [5.74, 6) is 1.10. The van der Waals surface area contributed by atoms with Crippen LogP contribution in [0.1, 0.15) is 36.2 Å². The second kappa shape index (κ2) is 8.65. The summed E-state index contributed by atoms with van der Waals surface area (Å²) in [6.45, 7) is 3.83. The first kappa shape index (κ1) is 20.9. The second-order valence-corrected chi connectivity index (χ2v) is 6.66. The fraction of sp³-hybridized carbons (Fsp3) is 0.250. The van der Waals surface area contributed by atoms with Crippen molar-refractivity contribution >= 4 is 17.4 Å². The molecule has 0 aliphatic rings. The highest BCUT2D eigenvalue weighted by atomic mass is 35.5. The average Bonchev–Trinajstić information content (AvgIpc) is 2.70. The van der Waals surface area contributed by atoms with Crippen molar-refractivity contribution in [2.75, 3.05) is 5.32 Å². The number of benzene rings is 1. The van der Waals surface area contributed by atoms with Gasteiger partial charge in [-0.3, -0.25) is 0 Å². The predicted molar refractivity (Wildman–Crippen MR) is 104 cm³/mol. The lowest BCUT2D eigenvalue weighted by Crippen LogP contribution is -2.11. The summed E-state index contributed by atoms with van der Waals surface area (Å²) in [4.78, 5) is 11.9. The number of aromatic nitrogens is 3. The minimum absolute atomic E-state index is 0.0416. The first-order valence-electron chi connectivity index (χ1n) is 8.82. The zero-order valence-corrected chi connectivity index (χ0v) is 16.4. The molecule has 9 heteroatoms. The van der Waals surface area contributed by atoms with Crippen LogP contribution in [0.15, 0.2) is 48.9 Å². The van der Waals surface area contributed by atoms with E-state index in [1.807, 2.05) is 19.1 Å².